The average Bonchev–Trinajstić information content (AvgIpc) is 2.97. The zero-order valence-corrected chi connectivity index (χ0v) is 10.5. The summed E-state index contributed by atoms with van der Waals surface area (Å²) in [6, 6.07) is 3.81. The molecule has 0 amide bonds. The Labute approximate surface area is 102 Å². The average molecular weight is 283 g/mol. The van der Waals surface area contributed by atoms with Crippen molar-refractivity contribution in [3.63, 3.8) is 0 Å². The quantitative estimate of drug-likeness (QED) is 0.743. The summed E-state index contributed by atoms with van der Waals surface area (Å²) in [6.07, 6.45) is 2.30. The van der Waals surface area contributed by atoms with Crippen molar-refractivity contribution < 1.29 is 14.3 Å². The Morgan fingerprint density at radius 3 is 2.88 bits per heavy atom. The summed E-state index contributed by atoms with van der Waals surface area (Å²) in [7, 11) is 1.39. The second kappa shape index (κ2) is 3.23. The minimum atomic E-state index is -0.338. The highest BCUT2D eigenvalue weighted by Gasteiger charge is 2.51. The van der Waals surface area contributed by atoms with E-state index < -0.39 is 0 Å². The predicted octanol–water partition coefficient (Wildman–Crippen LogP) is 2.66. The summed E-state index contributed by atoms with van der Waals surface area (Å²) in [5.74, 6) is 0.378. The van der Waals surface area contributed by atoms with Crippen molar-refractivity contribution in [3.05, 3.63) is 27.7 Å². The Bertz CT molecular complexity index is 477. The molecule has 0 radical (unpaired) electrons. The van der Waals surface area contributed by atoms with E-state index in [4.69, 9.17) is 9.47 Å². The largest absolute Gasteiger partial charge is 0.491 e. The number of ether oxygens (including phenoxy) is 2. The highest BCUT2D eigenvalue weighted by molar-refractivity contribution is 9.10. The van der Waals surface area contributed by atoms with E-state index >= 15 is 0 Å². The SMILES string of the molecule is COC(=O)c1cc(Br)cc2c1OCC21CC1. The van der Waals surface area contributed by atoms with Crippen molar-refractivity contribution in [3.8, 4) is 5.75 Å². The molecule has 0 saturated heterocycles. The fourth-order valence-electron chi connectivity index (χ4n) is 2.26. The lowest BCUT2D eigenvalue weighted by Gasteiger charge is -2.08. The first-order chi connectivity index (χ1) is 7.66. The smallest absolute Gasteiger partial charge is 0.341 e. The number of carbonyl (C=O) groups excluding carboxylic acids is 1. The highest BCUT2D eigenvalue weighted by Crippen LogP contribution is 2.56. The Kier molecular flexibility index (Phi) is 2.05. The minimum Gasteiger partial charge on any atom is -0.491 e. The molecule has 1 fully saturated rings. The van der Waals surface area contributed by atoms with Crippen LogP contribution in [-0.2, 0) is 10.2 Å². The maximum atomic E-state index is 11.6. The molecule has 1 heterocycles. The van der Waals surface area contributed by atoms with Gasteiger partial charge in [-0.25, -0.2) is 4.79 Å². The maximum absolute atomic E-state index is 11.6. The second-order valence-corrected chi connectivity index (χ2v) is 5.31. The molecule has 0 aromatic heterocycles. The third-order valence-electron chi connectivity index (χ3n) is 3.38. The molecule has 1 saturated carbocycles. The van der Waals surface area contributed by atoms with Gasteiger partial charge in [0.2, 0.25) is 0 Å². The topological polar surface area (TPSA) is 35.5 Å². The summed E-state index contributed by atoms with van der Waals surface area (Å²) in [5, 5.41) is 0. The van der Waals surface area contributed by atoms with Crippen LogP contribution in [0.3, 0.4) is 0 Å². The van der Waals surface area contributed by atoms with E-state index in [0.29, 0.717) is 17.9 Å². The van der Waals surface area contributed by atoms with Gasteiger partial charge < -0.3 is 9.47 Å². The van der Waals surface area contributed by atoms with Crippen molar-refractivity contribution in [2.24, 2.45) is 0 Å². The molecule has 0 N–H and O–H groups in total. The zero-order valence-electron chi connectivity index (χ0n) is 8.88. The number of hydrogen-bond donors (Lipinski definition) is 0. The monoisotopic (exact) mass is 282 g/mol. The van der Waals surface area contributed by atoms with Crippen LogP contribution < -0.4 is 4.74 Å². The van der Waals surface area contributed by atoms with Gasteiger partial charge in [-0.3, -0.25) is 0 Å². The van der Waals surface area contributed by atoms with Gasteiger partial charge in [-0.05, 0) is 25.0 Å². The standard InChI is InChI=1S/C12H11BrO3/c1-15-11(14)8-4-7(13)5-9-10(8)16-6-12(9)2-3-12/h4-5H,2-3,6H2,1H3. The lowest BCUT2D eigenvalue weighted by Crippen LogP contribution is -2.06. The second-order valence-electron chi connectivity index (χ2n) is 4.39. The molecule has 1 aromatic carbocycles. The molecule has 1 aliphatic carbocycles. The Balaban J connectivity index is 2.17. The van der Waals surface area contributed by atoms with Gasteiger partial charge >= 0.3 is 5.97 Å². The molecule has 3 nitrogen and oxygen atoms in total. The molecule has 84 valence electrons. The van der Waals surface area contributed by atoms with Gasteiger partial charge in [0.1, 0.15) is 11.3 Å². The Morgan fingerprint density at radius 1 is 1.50 bits per heavy atom. The summed E-state index contributed by atoms with van der Waals surface area (Å²) >= 11 is 3.43. The Morgan fingerprint density at radius 2 is 2.25 bits per heavy atom. The number of rotatable bonds is 1. The molecule has 0 bridgehead atoms. The fourth-order valence-corrected chi connectivity index (χ4v) is 2.72. The Hall–Kier alpha value is -1.03. The van der Waals surface area contributed by atoms with Gasteiger partial charge in [0.25, 0.3) is 0 Å². The molecular weight excluding hydrogens is 272 g/mol. The summed E-state index contributed by atoms with van der Waals surface area (Å²) in [4.78, 5) is 11.6. The van der Waals surface area contributed by atoms with Crippen LogP contribution in [0.4, 0.5) is 0 Å². The molecule has 1 aromatic rings. The van der Waals surface area contributed by atoms with Crippen molar-refractivity contribution in [1.29, 1.82) is 0 Å². The lowest BCUT2D eigenvalue weighted by molar-refractivity contribution is 0.0597. The predicted molar refractivity (Wildman–Crippen MR) is 61.9 cm³/mol. The third-order valence-corrected chi connectivity index (χ3v) is 3.83. The van der Waals surface area contributed by atoms with Gasteiger partial charge in [0.15, 0.2) is 0 Å². The maximum Gasteiger partial charge on any atom is 0.341 e. The third kappa shape index (κ3) is 1.29. The van der Waals surface area contributed by atoms with E-state index in [-0.39, 0.29) is 11.4 Å². The summed E-state index contributed by atoms with van der Waals surface area (Å²) in [6.45, 7) is 0.697. The van der Waals surface area contributed by atoms with E-state index in [9.17, 15) is 4.79 Å². The van der Waals surface area contributed by atoms with E-state index in [1.54, 1.807) is 6.07 Å². The number of benzene rings is 1. The van der Waals surface area contributed by atoms with E-state index in [1.807, 2.05) is 0 Å². The van der Waals surface area contributed by atoms with E-state index in [1.165, 1.54) is 7.11 Å². The van der Waals surface area contributed by atoms with Crippen LogP contribution in [0, 0.1) is 0 Å². The van der Waals surface area contributed by atoms with Gasteiger partial charge in [0, 0.05) is 15.5 Å². The van der Waals surface area contributed by atoms with Gasteiger partial charge in [-0.1, -0.05) is 15.9 Å². The van der Waals surface area contributed by atoms with E-state index in [2.05, 4.69) is 22.0 Å². The zero-order chi connectivity index (χ0) is 11.3. The minimum absolute atomic E-state index is 0.182. The van der Waals surface area contributed by atoms with Crippen LogP contribution >= 0.6 is 15.9 Å². The van der Waals surface area contributed by atoms with Crippen LogP contribution in [0.5, 0.6) is 5.75 Å². The normalized spacial score (nSPS) is 19.1. The van der Waals surface area contributed by atoms with Gasteiger partial charge in [-0.15, -0.1) is 0 Å². The molecule has 3 rings (SSSR count). The molecule has 16 heavy (non-hydrogen) atoms. The molecular formula is C12H11BrO3. The first-order valence-electron chi connectivity index (χ1n) is 5.21. The number of esters is 1. The summed E-state index contributed by atoms with van der Waals surface area (Å²) in [5.41, 5.74) is 1.86. The van der Waals surface area contributed by atoms with Crippen molar-refractivity contribution in [2.75, 3.05) is 13.7 Å². The van der Waals surface area contributed by atoms with Gasteiger partial charge in [-0.2, -0.15) is 0 Å². The van der Waals surface area contributed by atoms with Gasteiger partial charge in [0.05, 0.1) is 13.7 Å². The fraction of sp³-hybridized carbons (Fsp3) is 0.417. The number of carbonyl (C=O) groups is 1. The molecule has 0 atom stereocenters. The first-order valence-corrected chi connectivity index (χ1v) is 6.01. The van der Waals surface area contributed by atoms with Crippen molar-refractivity contribution >= 4 is 21.9 Å². The van der Waals surface area contributed by atoms with Crippen LogP contribution in [0.1, 0.15) is 28.8 Å². The van der Waals surface area contributed by atoms with Crippen LogP contribution in [-0.4, -0.2) is 19.7 Å². The summed E-state index contributed by atoms with van der Waals surface area (Å²) < 4.78 is 11.3. The number of methoxy groups -OCH3 is 1. The van der Waals surface area contributed by atoms with Crippen LogP contribution in [0.2, 0.25) is 0 Å². The van der Waals surface area contributed by atoms with E-state index in [0.717, 1.165) is 22.9 Å². The molecule has 2 aliphatic rings. The molecule has 1 aliphatic heterocycles. The molecule has 0 unspecified atom stereocenters. The van der Waals surface area contributed by atoms with Crippen molar-refractivity contribution in [2.45, 2.75) is 18.3 Å². The highest BCUT2D eigenvalue weighted by atomic mass is 79.9. The van der Waals surface area contributed by atoms with Crippen molar-refractivity contribution in [1.82, 2.24) is 0 Å². The van der Waals surface area contributed by atoms with Crippen LogP contribution in [0.15, 0.2) is 16.6 Å². The molecule has 1 spiro atoms. The molecule has 4 heteroatoms. The number of fused-ring (bicyclic) bond motifs is 2. The lowest BCUT2D eigenvalue weighted by atomic mass is 9.96. The first kappa shape index (κ1) is 10.1. The number of hydrogen-bond acceptors (Lipinski definition) is 3. The number of halogens is 1. The van der Waals surface area contributed by atoms with Crippen LogP contribution in [0.25, 0.3) is 0 Å².